The summed E-state index contributed by atoms with van der Waals surface area (Å²) in [6.45, 7) is 6.32. The quantitative estimate of drug-likeness (QED) is 0.869. The Kier molecular flexibility index (Phi) is 4.79. The van der Waals surface area contributed by atoms with Crippen LogP contribution < -0.4 is 10.2 Å². The van der Waals surface area contributed by atoms with Crippen LogP contribution in [0.1, 0.15) is 46.0 Å². The highest BCUT2D eigenvalue weighted by molar-refractivity contribution is 5.43. The molecule has 1 aromatic rings. The van der Waals surface area contributed by atoms with Crippen molar-refractivity contribution < 1.29 is 0 Å². The van der Waals surface area contributed by atoms with Crippen molar-refractivity contribution in [1.29, 1.82) is 0 Å². The molecule has 1 aromatic heterocycles. The number of rotatable bonds is 5. The fourth-order valence-corrected chi connectivity index (χ4v) is 2.69. The van der Waals surface area contributed by atoms with Crippen molar-refractivity contribution in [2.45, 2.75) is 52.0 Å². The van der Waals surface area contributed by atoms with Gasteiger partial charge in [-0.3, -0.25) is 0 Å². The average molecular weight is 248 g/mol. The van der Waals surface area contributed by atoms with Gasteiger partial charge in [-0.15, -0.1) is 0 Å². The van der Waals surface area contributed by atoms with Gasteiger partial charge >= 0.3 is 0 Å². The Morgan fingerprint density at radius 2 is 2.28 bits per heavy atom. The van der Waals surface area contributed by atoms with Crippen molar-refractivity contribution in [2.75, 3.05) is 23.3 Å². The molecule has 1 atom stereocenters. The van der Waals surface area contributed by atoms with Crippen LogP contribution in [-0.2, 0) is 0 Å². The van der Waals surface area contributed by atoms with E-state index in [9.17, 15) is 0 Å². The van der Waals surface area contributed by atoms with Gasteiger partial charge in [-0.2, -0.15) is 4.98 Å². The van der Waals surface area contributed by atoms with Gasteiger partial charge in [0, 0.05) is 25.3 Å². The third kappa shape index (κ3) is 3.12. The maximum Gasteiger partial charge on any atom is 0.224 e. The first-order valence-electron chi connectivity index (χ1n) is 7.18. The summed E-state index contributed by atoms with van der Waals surface area (Å²) in [6, 6.07) is 2.70. The van der Waals surface area contributed by atoms with Crippen molar-refractivity contribution in [2.24, 2.45) is 0 Å². The second-order valence-corrected chi connectivity index (χ2v) is 4.90. The first-order valence-corrected chi connectivity index (χ1v) is 7.18. The molecular formula is C14H24N4. The summed E-state index contributed by atoms with van der Waals surface area (Å²) in [6.07, 6.45) is 8.30. The third-order valence-corrected chi connectivity index (χ3v) is 3.52. The molecule has 0 amide bonds. The number of nitrogens with zero attached hydrogens (tertiary/aromatic N) is 3. The monoisotopic (exact) mass is 248 g/mol. The zero-order valence-electron chi connectivity index (χ0n) is 11.5. The molecule has 1 N–H and O–H groups in total. The van der Waals surface area contributed by atoms with Crippen LogP contribution in [0.5, 0.6) is 0 Å². The second kappa shape index (κ2) is 6.57. The van der Waals surface area contributed by atoms with Crippen molar-refractivity contribution in [3.05, 3.63) is 12.3 Å². The molecule has 1 unspecified atom stereocenters. The molecular weight excluding hydrogens is 224 g/mol. The van der Waals surface area contributed by atoms with Gasteiger partial charge in [0.25, 0.3) is 0 Å². The van der Waals surface area contributed by atoms with Gasteiger partial charge in [-0.25, -0.2) is 4.98 Å². The maximum atomic E-state index is 4.62. The standard InChI is InChI=1S/C14H24N4/c1-3-7-12-8-5-6-11-18(12)13-9-10-16-14(17-13)15-4-2/h9-10,12H,3-8,11H2,1-2H3,(H,15,16,17). The SMILES string of the molecule is CCCC1CCCCN1c1ccnc(NCC)n1. The Balaban J connectivity index is 2.14. The largest absolute Gasteiger partial charge is 0.354 e. The number of aromatic nitrogens is 2. The molecule has 4 heteroatoms. The van der Waals surface area contributed by atoms with Crippen LogP contribution in [0.4, 0.5) is 11.8 Å². The van der Waals surface area contributed by atoms with E-state index in [0.29, 0.717) is 6.04 Å². The number of anilines is 2. The Hall–Kier alpha value is -1.32. The number of hydrogen-bond acceptors (Lipinski definition) is 4. The lowest BCUT2D eigenvalue weighted by atomic mass is 9.98. The zero-order valence-corrected chi connectivity index (χ0v) is 11.5. The molecule has 0 spiro atoms. The molecule has 0 saturated carbocycles. The van der Waals surface area contributed by atoms with Crippen molar-refractivity contribution in [1.82, 2.24) is 9.97 Å². The summed E-state index contributed by atoms with van der Waals surface area (Å²) in [4.78, 5) is 11.3. The molecule has 18 heavy (non-hydrogen) atoms. The molecule has 4 nitrogen and oxygen atoms in total. The minimum Gasteiger partial charge on any atom is -0.354 e. The minimum absolute atomic E-state index is 0.660. The normalized spacial score (nSPS) is 19.9. The van der Waals surface area contributed by atoms with E-state index in [4.69, 9.17) is 0 Å². The molecule has 2 rings (SSSR count). The Morgan fingerprint density at radius 3 is 3.06 bits per heavy atom. The molecule has 2 heterocycles. The van der Waals surface area contributed by atoms with Gasteiger partial charge in [0.15, 0.2) is 0 Å². The predicted octanol–water partition coefficient (Wildman–Crippen LogP) is 3.07. The van der Waals surface area contributed by atoms with Crippen molar-refractivity contribution >= 4 is 11.8 Å². The minimum atomic E-state index is 0.660. The topological polar surface area (TPSA) is 41.1 Å². The van der Waals surface area contributed by atoms with Crippen LogP contribution in [0.25, 0.3) is 0 Å². The molecule has 1 aliphatic heterocycles. The van der Waals surface area contributed by atoms with Crippen LogP contribution >= 0.6 is 0 Å². The zero-order chi connectivity index (χ0) is 12.8. The second-order valence-electron chi connectivity index (χ2n) is 4.90. The van der Waals surface area contributed by atoms with E-state index in [-0.39, 0.29) is 0 Å². The van der Waals surface area contributed by atoms with Gasteiger partial charge in [-0.1, -0.05) is 13.3 Å². The molecule has 0 aromatic carbocycles. The summed E-state index contributed by atoms with van der Waals surface area (Å²) in [5, 5.41) is 3.18. The van der Waals surface area contributed by atoms with Crippen LogP contribution in [0, 0.1) is 0 Å². The van der Waals surface area contributed by atoms with E-state index in [1.165, 1.54) is 32.1 Å². The smallest absolute Gasteiger partial charge is 0.224 e. The Morgan fingerprint density at radius 1 is 1.39 bits per heavy atom. The van der Waals surface area contributed by atoms with Crippen molar-refractivity contribution in [3.63, 3.8) is 0 Å². The number of piperidine rings is 1. The summed E-state index contributed by atoms with van der Waals surface area (Å²) < 4.78 is 0. The Bertz CT molecular complexity index is 365. The van der Waals surface area contributed by atoms with E-state index in [1.807, 2.05) is 12.3 Å². The highest BCUT2D eigenvalue weighted by Crippen LogP contribution is 2.26. The van der Waals surface area contributed by atoms with E-state index in [0.717, 1.165) is 24.9 Å². The lowest BCUT2D eigenvalue weighted by Crippen LogP contribution is -2.40. The summed E-state index contributed by atoms with van der Waals surface area (Å²) in [5.74, 6) is 1.83. The first kappa shape index (κ1) is 13.1. The summed E-state index contributed by atoms with van der Waals surface area (Å²) >= 11 is 0. The molecule has 1 fully saturated rings. The van der Waals surface area contributed by atoms with Crippen LogP contribution in [-0.4, -0.2) is 29.1 Å². The van der Waals surface area contributed by atoms with E-state index in [2.05, 4.69) is 34.0 Å². The van der Waals surface area contributed by atoms with Gasteiger partial charge in [0.1, 0.15) is 5.82 Å². The van der Waals surface area contributed by atoms with E-state index >= 15 is 0 Å². The fourth-order valence-electron chi connectivity index (χ4n) is 2.69. The lowest BCUT2D eigenvalue weighted by Gasteiger charge is -2.36. The Labute approximate surface area is 110 Å². The van der Waals surface area contributed by atoms with E-state index < -0.39 is 0 Å². The molecule has 1 saturated heterocycles. The molecule has 100 valence electrons. The van der Waals surface area contributed by atoms with Crippen LogP contribution in [0.3, 0.4) is 0 Å². The maximum absolute atomic E-state index is 4.62. The van der Waals surface area contributed by atoms with Crippen molar-refractivity contribution in [3.8, 4) is 0 Å². The molecule has 0 bridgehead atoms. The van der Waals surface area contributed by atoms with Gasteiger partial charge in [-0.05, 0) is 38.7 Å². The van der Waals surface area contributed by atoms with Gasteiger partial charge in [0.2, 0.25) is 5.95 Å². The predicted molar refractivity (Wildman–Crippen MR) is 76.1 cm³/mol. The number of nitrogens with one attached hydrogen (secondary N) is 1. The highest BCUT2D eigenvalue weighted by Gasteiger charge is 2.22. The first-order chi connectivity index (χ1) is 8.85. The van der Waals surface area contributed by atoms with Crippen LogP contribution in [0.2, 0.25) is 0 Å². The van der Waals surface area contributed by atoms with E-state index in [1.54, 1.807) is 0 Å². The third-order valence-electron chi connectivity index (χ3n) is 3.52. The summed E-state index contributed by atoms with van der Waals surface area (Å²) in [5.41, 5.74) is 0. The van der Waals surface area contributed by atoms with Gasteiger partial charge in [0.05, 0.1) is 0 Å². The fraction of sp³-hybridized carbons (Fsp3) is 0.714. The molecule has 1 aliphatic rings. The summed E-state index contributed by atoms with van der Waals surface area (Å²) in [7, 11) is 0. The highest BCUT2D eigenvalue weighted by atomic mass is 15.2. The molecule has 0 aliphatic carbocycles. The number of hydrogen-bond donors (Lipinski definition) is 1. The van der Waals surface area contributed by atoms with Crippen LogP contribution in [0.15, 0.2) is 12.3 Å². The van der Waals surface area contributed by atoms with Gasteiger partial charge < -0.3 is 10.2 Å². The molecule has 0 radical (unpaired) electrons. The lowest BCUT2D eigenvalue weighted by molar-refractivity contribution is 0.432. The average Bonchev–Trinajstić information content (AvgIpc) is 2.40.